The molecular formula is C13H16F2N2O2. The van der Waals surface area contributed by atoms with Crippen LogP contribution < -0.4 is 10.6 Å². The summed E-state index contributed by atoms with van der Waals surface area (Å²) in [6.45, 7) is 0.344. The first-order valence-electron chi connectivity index (χ1n) is 6.04. The molecule has 0 spiro atoms. The standard InChI is InChI=1S/C13H16F2N2O2/c1-19-12(18)9-3-2-4-10(16)11(9)17-7-5-13(14,15)6-8-17/h2-4H,5-8,16H2,1H3. The van der Waals surface area contributed by atoms with Gasteiger partial charge in [0.05, 0.1) is 24.0 Å². The maximum atomic E-state index is 13.2. The molecule has 1 heterocycles. The minimum Gasteiger partial charge on any atom is -0.465 e. The Hall–Kier alpha value is -1.85. The Morgan fingerprint density at radius 3 is 2.58 bits per heavy atom. The zero-order valence-corrected chi connectivity index (χ0v) is 10.7. The molecule has 1 aromatic rings. The van der Waals surface area contributed by atoms with E-state index in [2.05, 4.69) is 0 Å². The summed E-state index contributed by atoms with van der Waals surface area (Å²) in [4.78, 5) is 13.4. The van der Waals surface area contributed by atoms with E-state index >= 15 is 0 Å². The van der Waals surface area contributed by atoms with Gasteiger partial charge in [-0.25, -0.2) is 13.6 Å². The lowest BCUT2D eigenvalue weighted by molar-refractivity contribution is -0.0220. The Morgan fingerprint density at radius 2 is 2.00 bits per heavy atom. The Kier molecular flexibility index (Phi) is 3.59. The third-order valence-electron chi connectivity index (χ3n) is 3.28. The lowest BCUT2D eigenvalue weighted by Gasteiger charge is -2.34. The van der Waals surface area contributed by atoms with E-state index in [1.807, 2.05) is 0 Å². The lowest BCUT2D eigenvalue weighted by atomic mass is 10.0. The summed E-state index contributed by atoms with van der Waals surface area (Å²) in [5.74, 6) is -3.15. The molecule has 1 aliphatic rings. The first kappa shape index (κ1) is 13.6. The van der Waals surface area contributed by atoms with Crippen LogP contribution in [0.5, 0.6) is 0 Å². The van der Waals surface area contributed by atoms with Crippen LogP contribution in [-0.2, 0) is 4.74 Å². The molecule has 0 unspecified atom stereocenters. The normalized spacial score (nSPS) is 18.2. The number of carbonyl (C=O) groups excluding carboxylic acids is 1. The highest BCUT2D eigenvalue weighted by Gasteiger charge is 2.35. The number of ether oxygens (including phenoxy) is 1. The molecule has 0 radical (unpaired) electrons. The van der Waals surface area contributed by atoms with Gasteiger partial charge >= 0.3 is 5.97 Å². The van der Waals surface area contributed by atoms with E-state index in [-0.39, 0.29) is 25.9 Å². The highest BCUT2D eigenvalue weighted by atomic mass is 19.3. The van der Waals surface area contributed by atoms with Crippen molar-refractivity contribution in [2.75, 3.05) is 30.8 Å². The van der Waals surface area contributed by atoms with E-state index in [0.29, 0.717) is 16.9 Å². The summed E-state index contributed by atoms with van der Waals surface area (Å²) >= 11 is 0. The van der Waals surface area contributed by atoms with Gasteiger partial charge in [0.15, 0.2) is 0 Å². The molecule has 0 atom stereocenters. The number of piperidine rings is 1. The second-order valence-corrected chi connectivity index (χ2v) is 4.58. The zero-order valence-electron chi connectivity index (χ0n) is 10.7. The van der Waals surface area contributed by atoms with E-state index in [0.717, 1.165) is 0 Å². The maximum Gasteiger partial charge on any atom is 0.340 e. The zero-order chi connectivity index (χ0) is 14.0. The molecular weight excluding hydrogens is 254 g/mol. The molecule has 1 saturated heterocycles. The first-order chi connectivity index (χ1) is 8.94. The summed E-state index contributed by atoms with van der Waals surface area (Å²) in [5.41, 5.74) is 7.08. The van der Waals surface area contributed by atoms with Gasteiger partial charge in [-0.1, -0.05) is 6.07 Å². The van der Waals surface area contributed by atoms with Crippen LogP contribution in [0.15, 0.2) is 18.2 Å². The number of methoxy groups -OCH3 is 1. The van der Waals surface area contributed by atoms with E-state index < -0.39 is 11.9 Å². The SMILES string of the molecule is COC(=O)c1cccc(N)c1N1CCC(F)(F)CC1. The van der Waals surface area contributed by atoms with Crippen molar-refractivity contribution >= 4 is 17.3 Å². The van der Waals surface area contributed by atoms with Crippen LogP contribution in [0.4, 0.5) is 20.2 Å². The average molecular weight is 270 g/mol. The van der Waals surface area contributed by atoms with Crippen molar-refractivity contribution in [2.45, 2.75) is 18.8 Å². The Bertz CT molecular complexity index is 482. The summed E-state index contributed by atoms with van der Waals surface area (Å²) in [7, 11) is 1.28. The van der Waals surface area contributed by atoms with Gasteiger partial charge in [0.1, 0.15) is 0 Å². The van der Waals surface area contributed by atoms with Crippen LogP contribution in [-0.4, -0.2) is 32.1 Å². The topological polar surface area (TPSA) is 55.6 Å². The van der Waals surface area contributed by atoms with Crippen molar-refractivity contribution in [3.63, 3.8) is 0 Å². The number of nitrogens with two attached hydrogens (primary N) is 1. The molecule has 1 aliphatic heterocycles. The van der Waals surface area contributed by atoms with E-state index in [1.54, 1.807) is 23.1 Å². The monoisotopic (exact) mass is 270 g/mol. The van der Waals surface area contributed by atoms with E-state index in [1.165, 1.54) is 7.11 Å². The quantitative estimate of drug-likeness (QED) is 0.661. The molecule has 1 fully saturated rings. The molecule has 0 aromatic heterocycles. The number of esters is 1. The fourth-order valence-electron chi connectivity index (χ4n) is 2.25. The minimum atomic E-state index is -2.63. The highest BCUT2D eigenvalue weighted by Crippen LogP contribution is 2.35. The third-order valence-corrected chi connectivity index (χ3v) is 3.28. The number of alkyl halides is 2. The van der Waals surface area contributed by atoms with E-state index in [4.69, 9.17) is 10.5 Å². The summed E-state index contributed by atoms with van der Waals surface area (Å²) in [5, 5.41) is 0. The van der Waals surface area contributed by atoms with Crippen LogP contribution in [0.1, 0.15) is 23.2 Å². The Morgan fingerprint density at radius 1 is 1.37 bits per heavy atom. The Balaban J connectivity index is 2.32. The lowest BCUT2D eigenvalue weighted by Crippen LogP contribution is -2.40. The van der Waals surface area contributed by atoms with Gasteiger partial charge < -0.3 is 15.4 Å². The van der Waals surface area contributed by atoms with Crippen LogP contribution in [0.3, 0.4) is 0 Å². The number of anilines is 2. The summed E-state index contributed by atoms with van der Waals surface area (Å²) in [6, 6.07) is 4.88. The van der Waals surface area contributed by atoms with Crippen molar-refractivity contribution in [1.29, 1.82) is 0 Å². The van der Waals surface area contributed by atoms with Crippen molar-refractivity contribution in [2.24, 2.45) is 0 Å². The van der Waals surface area contributed by atoms with Crippen molar-refractivity contribution in [1.82, 2.24) is 0 Å². The highest BCUT2D eigenvalue weighted by molar-refractivity contribution is 5.99. The maximum absolute atomic E-state index is 13.2. The van der Waals surface area contributed by atoms with Crippen LogP contribution in [0, 0.1) is 0 Å². The minimum absolute atomic E-state index is 0.172. The third kappa shape index (κ3) is 2.77. The number of benzene rings is 1. The van der Waals surface area contributed by atoms with Crippen LogP contribution >= 0.6 is 0 Å². The number of para-hydroxylation sites is 1. The van der Waals surface area contributed by atoms with Gasteiger partial charge in [0.2, 0.25) is 0 Å². The van der Waals surface area contributed by atoms with Crippen LogP contribution in [0.2, 0.25) is 0 Å². The van der Waals surface area contributed by atoms with Gasteiger partial charge in [-0.3, -0.25) is 0 Å². The second-order valence-electron chi connectivity index (χ2n) is 4.58. The van der Waals surface area contributed by atoms with Crippen molar-refractivity contribution in [3.05, 3.63) is 23.8 Å². The summed E-state index contributed by atoms with van der Waals surface area (Å²) < 4.78 is 31.0. The van der Waals surface area contributed by atoms with E-state index in [9.17, 15) is 13.6 Å². The predicted octanol–water partition coefficient (Wildman–Crippen LogP) is 2.29. The molecule has 4 nitrogen and oxygen atoms in total. The number of nitrogens with zero attached hydrogens (tertiary/aromatic N) is 1. The Labute approximate surface area is 110 Å². The molecule has 0 saturated carbocycles. The first-order valence-corrected chi connectivity index (χ1v) is 6.04. The number of nitrogen functional groups attached to an aromatic ring is 1. The molecule has 0 bridgehead atoms. The molecule has 0 amide bonds. The van der Waals surface area contributed by atoms with Gasteiger partial charge in [-0.15, -0.1) is 0 Å². The van der Waals surface area contributed by atoms with Crippen molar-refractivity contribution in [3.8, 4) is 0 Å². The molecule has 19 heavy (non-hydrogen) atoms. The van der Waals surface area contributed by atoms with Gasteiger partial charge in [-0.2, -0.15) is 0 Å². The molecule has 6 heteroatoms. The van der Waals surface area contributed by atoms with Gasteiger partial charge in [0.25, 0.3) is 5.92 Å². The fraction of sp³-hybridized carbons (Fsp3) is 0.462. The molecule has 0 aliphatic carbocycles. The summed E-state index contributed by atoms with van der Waals surface area (Å²) in [6.07, 6.45) is -0.468. The van der Waals surface area contributed by atoms with Crippen LogP contribution in [0.25, 0.3) is 0 Å². The number of hydrogen-bond donors (Lipinski definition) is 1. The molecule has 2 rings (SSSR count). The molecule has 1 aromatic carbocycles. The predicted molar refractivity (Wildman–Crippen MR) is 68.6 cm³/mol. The van der Waals surface area contributed by atoms with Crippen molar-refractivity contribution < 1.29 is 18.3 Å². The fourth-order valence-corrected chi connectivity index (χ4v) is 2.25. The van der Waals surface area contributed by atoms with Gasteiger partial charge in [-0.05, 0) is 12.1 Å². The number of carbonyl (C=O) groups is 1. The second kappa shape index (κ2) is 5.03. The average Bonchev–Trinajstić information content (AvgIpc) is 2.38. The number of halogens is 2. The molecule has 104 valence electrons. The van der Waals surface area contributed by atoms with Gasteiger partial charge in [0, 0.05) is 25.9 Å². The number of rotatable bonds is 2. The number of hydrogen-bond acceptors (Lipinski definition) is 4. The largest absolute Gasteiger partial charge is 0.465 e. The smallest absolute Gasteiger partial charge is 0.340 e. The molecule has 2 N–H and O–H groups in total.